The number of nitrogens with zero attached hydrogens (tertiary/aromatic N) is 1. The van der Waals surface area contributed by atoms with Crippen LogP contribution in [0.2, 0.25) is 0 Å². The van der Waals surface area contributed by atoms with Gasteiger partial charge in [0, 0.05) is 12.4 Å². The molecule has 0 N–H and O–H groups in total. The van der Waals surface area contributed by atoms with E-state index in [0.29, 0.717) is 0 Å². The molecule has 0 saturated carbocycles. The van der Waals surface area contributed by atoms with Crippen molar-refractivity contribution in [2.75, 3.05) is 19.0 Å². The minimum Gasteiger partial charge on any atom is -0.333 e. The van der Waals surface area contributed by atoms with Gasteiger partial charge < -0.3 is 4.90 Å². The van der Waals surface area contributed by atoms with Gasteiger partial charge in [-0.05, 0) is 20.8 Å². The van der Waals surface area contributed by atoms with Gasteiger partial charge in [0.25, 0.3) is 0 Å². The number of amides is 1. The Bertz CT molecular complexity index is 228. The van der Waals surface area contributed by atoms with Crippen molar-refractivity contribution in [3.8, 4) is 0 Å². The van der Waals surface area contributed by atoms with Crippen molar-refractivity contribution in [3.05, 3.63) is 0 Å². The normalized spacial score (nSPS) is 12.7. The second kappa shape index (κ2) is 5.05. The maximum absolute atomic E-state index is 12.1. The number of halogens is 4. The zero-order valence-electron chi connectivity index (χ0n) is 8.99. The van der Waals surface area contributed by atoms with E-state index in [4.69, 9.17) is 11.6 Å². The molecule has 0 aliphatic carbocycles. The van der Waals surface area contributed by atoms with E-state index in [1.165, 1.54) is 20.8 Å². The van der Waals surface area contributed by atoms with Crippen LogP contribution in [0.15, 0.2) is 0 Å². The standard InChI is InChI=1S/C9H15ClF3NO/c1-4-14(6-9(11,12)13)7(15)8(2,3)5-10/h4-6H2,1-3H3. The van der Waals surface area contributed by atoms with Gasteiger partial charge in [-0.1, -0.05) is 0 Å². The summed E-state index contributed by atoms with van der Waals surface area (Å²) < 4.78 is 36.4. The summed E-state index contributed by atoms with van der Waals surface area (Å²) in [6, 6.07) is 0. The number of carbonyl (C=O) groups excluding carboxylic acids is 1. The first-order chi connectivity index (χ1) is 6.64. The van der Waals surface area contributed by atoms with Crippen molar-refractivity contribution in [2.24, 2.45) is 5.41 Å². The Balaban J connectivity index is 4.63. The number of hydrogen-bond acceptors (Lipinski definition) is 1. The van der Waals surface area contributed by atoms with Gasteiger partial charge >= 0.3 is 6.18 Å². The lowest BCUT2D eigenvalue weighted by Crippen LogP contribution is -2.46. The fourth-order valence-corrected chi connectivity index (χ4v) is 1.14. The third kappa shape index (κ3) is 4.73. The predicted octanol–water partition coefficient (Wildman–Crippen LogP) is 2.66. The molecule has 1 amide bonds. The van der Waals surface area contributed by atoms with Gasteiger partial charge in [-0.3, -0.25) is 4.79 Å². The molecule has 0 aromatic carbocycles. The summed E-state index contributed by atoms with van der Waals surface area (Å²) in [5.74, 6) is -0.572. The molecule has 0 saturated heterocycles. The summed E-state index contributed by atoms with van der Waals surface area (Å²) in [6.45, 7) is 3.37. The number of alkyl halides is 4. The zero-order valence-corrected chi connectivity index (χ0v) is 9.74. The molecular formula is C9H15ClF3NO. The Hall–Kier alpha value is -0.450. The first-order valence-electron chi connectivity index (χ1n) is 4.56. The average molecular weight is 246 g/mol. The van der Waals surface area contributed by atoms with E-state index in [1.807, 2.05) is 0 Å². The zero-order chi connectivity index (χ0) is 12.3. The highest BCUT2D eigenvalue weighted by molar-refractivity contribution is 6.19. The van der Waals surface area contributed by atoms with E-state index in [2.05, 4.69) is 0 Å². The Labute approximate surface area is 92.4 Å². The van der Waals surface area contributed by atoms with Crippen LogP contribution in [0.4, 0.5) is 13.2 Å². The molecule has 0 atom stereocenters. The quantitative estimate of drug-likeness (QED) is 0.698. The Morgan fingerprint density at radius 1 is 1.33 bits per heavy atom. The molecule has 6 heteroatoms. The molecule has 0 bridgehead atoms. The Morgan fingerprint density at radius 2 is 1.80 bits per heavy atom. The van der Waals surface area contributed by atoms with Crippen molar-refractivity contribution in [1.29, 1.82) is 0 Å². The monoisotopic (exact) mass is 245 g/mol. The summed E-state index contributed by atoms with van der Waals surface area (Å²) in [5.41, 5.74) is -0.956. The average Bonchev–Trinajstić information content (AvgIpc) is 2.11. The second-order valence-electron chi connectivity index (χ2n) is 3.95. The van der Waals surface area contributed by atoms with Gasteiger partial charge in [0.2, 0.25) is 5.91 Å². The van der Waals surface area contributed by atoms with E-state index < -0.39 is 24.0 Å². The second-order valence-corrected chi connectivity index (χ2v) is 4.22. The maximum atomic E-state index is 12.1. The summed E-state index contributed by atoms with van der Waals surface area (Å²) in [7, 11) is 0. The first kappa shape index (κ1) is 14.6. The van der Waals surface area contributed by atoms with Crippen molar-refractivity contribution < 1.29 is 18.0 Å². The lowest BCUT2D eigenvalue weighted by Gasteiger charge is -2.30. The number of rotatable bonds is 4. The molecule has 0 unspecified atom stereocenters. The summed E-state index contributed by atoms with van der Waals surface area (Å²) in [4.78, 5) is 12.4. The van der Waals surface area contributed by atoms with E-state index in [-0.39, 0.29) is 12.4 Å². The molecule has 0 aromatic heterocycles. The maximum Gasteiger partial charge on any atom is 0.406 e. The van der Waals surface area contributed by atoms with Crippen LogP contribution >= 0.6 is 11.6 Å². The molecule has 0 fully saturated rings. The fraction of sp³-hybridized carbons (Fsp3) is 0.889. The lowest BCUT2D eigenvalue weighted by atomic mass is 9.94. The van der Waals surface area contributed by atoms with Crippen molar-refractivity contribution in [3.63, 3.8) is 0 Å². The molecule has 0 heterocycles. The highest BCUT2D eigenvalue weighted by atomic mass is 35.5. The molecule has 0 spiro atoms. The third-order valence-corrected chi connectivity index (χ3v) is 2.62. The van der Waals surface area contributed by atoms with Crippen molar-refractivity contribution >= 4 is 17.5 Å². The van der Waals surface area contributed by atoms with Crippen LogP contribution in [-0.2, 0) is 4.79 Å². The lowest BCUT2D eigenvalue weighted by molar-refractivity contribution is -0.165. The smallest absolute Gasteiger partial charge is 0.333 e. The van der Waals surface area contributed by atoms with E-state index >= 15 is 0 Å². The van der Waals surface area contributed by atoms with Gasteiger partial charge in [0.05, 0.1) is 5.41 Å². The minimum atomic E-state index is -4.37. The van der Waals surface area contributed by atoms with Crippen LogP contribution in [0.1, 0.15) is 20.8 Å². The van der Waals surface area contributed by atoms with Crippen LogP contribution in [0.5, 0.6) is 0 Å². The van der Waals surface area contributed by atoms with Gasteiger partial charge in [-0.25, -0.2) is 0 Å². The molecule has 0 rings (SSSR count). The summed E-state index contributed by atoms with van der Waals surface area (Å²) in [6.07, 6.45) is -4.37. The van der Waals surface area contributed by atoms with Crippen molar-refractivity contribution in [1.82, 2.24) is 4.90 Å². The Morgan fingerprint density at radius 3 is 2.07 bits per heavy atom. The van der Waals surface area contributed by atoms with Crippen LogP contribution in [0, 0.1) is 5.41 Å². The van der Waals surface area contributed by atoms with Crippen LogP contribution in [0.3, 0.4) is 0 Å². The molecular weight excluding hydrogens is 231 g/mol. The van der Waals surface area contributed by atoms with Gasteiger partial charge in [0.1, 0.15) is 6.54 Å². The molecule has 0 radical (unpaired) electrons. The van der Waals surface area contributed by atoms with Crippen LogP contribution in [-0.4, -0.2) is 36.0 Å². The summed E-state index contributed by atoms with van der Waals surface area (Å²) >= 11 is 5.53. The van der Waals surface area contributed by atoms with E-state index in [1.54, 1.807) is 0 Å². The highest BCUT2D eigenvalue weighted by Gasteiger charge is 2.37. The van der Waals surface area contributed by atoms with Crippen LogP contribution < -0.4 is 0 Å². The molecule has 0 aliphatic rings. The topological polar surface area (TPSA) is 20.3 Å². The van der Waals surface area contributed by atoms with E-state index in [0.717, 1.165) is 4.90 Å². The molecule has 2 nitrogen and oxygen atoms in total. The Kier molecular flexibility index (Phi) is 4.90. The minimum absolute atomic E-state index is 0.000189. The highest BCUT2D eigenvalue weighted by Crippen LogP contribution is 2.24. The number of hydrogen-bond donors (Lipinski definition) is 0. The molecule has 0 aromatic rings. The first-order valence-corrected chi connectivity index (χ1v) is 5.09. The van der Waals surface area contributed by atoms with Crippen LogP contribution in [0.25, 0.3) is 0 Å². The van der Waals surface area contributed by atoms with Gasteiger partial charge in [-0.15, -0.1) is 11.6 Å². The molecule has 90 valence electrons. The van der Waals surface area contributed by atoms with Gasteiger partial charge in [0.15, 0.2) is 0 Å². The summed E-state index contributed by atoms with van der Waals surface area (Å²) in [5, 5.41) is 0. The van der Waals surface area contributed by atoms with Crippen molar-refractivity contribution in [2.45, 2.75) is 26.9 Å². The molecule has 15 heavy (non-hydrogen) atoms. The SMILES string of the molecule is CCN(CC(F)(F)F)C(=O)C(C)(C)CCl. The molecule has 0 aliphatic heterocycles. The predicted molar refractivity (Wildman–Crippen MR) is 52.8 cm³/mol. The van der Waals surface area contributed by atoms with Gasteiger partial charge in [-0.2, -0.15) is 13.2 Å². The van der Waals surface area contributed by atoms with E-state index in [9.17, 15) is 18.0 Å². The largest absolute Gasteiger partial charge is 0.406 e. The third-order valence-electron chi connectivity index (χ3n) is 1.95. The number of carbonyl (C=O) groups is 1. The fourth-order valence-electron chi connectivity index (χ4n) is 1.03.